The second-order valence-corrected chi connectivity index (χ2v) is 5.50. The van der Waals surface area contributed by atoms with E-state index in [0.717, 1.165) is 0 Å². The molecule has 0 spiro atoms. The molecule has 2 aromatic rings. The number of aromatic carboxylic acids is 1. The minimum Gasteiger partial charge on any atom is -0.477 e. The van der Waals surface area contributed by atoms with Crippen LogP contribution in [-0.2, 0) is 16.6 Å². The van der Waals surface area contributed by atoms with Crippen LogP contribution >= 0.6 is 0 Å². The molecule has 0 bridgehead atoms. The summed E-state index contributed by atoms with van der Waals surface area (Å²) in [4.78, 5) is 17.1. The molecule has 0 saturated heterocycles. The van der Waals surface area contributed by atoms with Gasteiger partial charge in [-0.05, 0) is 17.7 Å². The van der Waals surface area contributed by atoms with Crippen LogP contribution in [0.3, 0.4) is 0 Å². The lowest BCUT2D eigenvalue weighted by Crippen LogP contribution is -2.23. The maximum absolute atomic E-state index is 11.8. The van der Waals surface area contributed by atoms with Crippen molar-refractivity contribution in [2.75, 3.05) is 0 Å². The van der Waals surface area contributed by atoms with Gasteiger partial charge in [0.05, 0.1) is 4.90 Å². The number of nitrogens with one attached hydrogen (secondary N) is 2. The summed E-state index contributed by atoms with van der Waals surface area (Å²) in [5.74, 6) is -1.13. The molecule has 2 heterocycles. The van der Waals surface area contributed by atoms with Crippen LogP contribution in [0.2, 0.25) is 0 Å². The van der Waals surface area contributed by atoms with Gasteiger partial charge in [-0.3, -0.25) is 0 Å². The molecule has 0 amide bonds. The maximum atomic E-state index is 11.8. The minimum atomic E-state index is -3.57. The molecular formula is C11H11N3O4S. The first-order valence-electron chi connectivity index (χ1n) is 5.30. The molecule has 0 aliphatic rings. The van der Waals surface area contributed by atoms with Gasteiger partial charge in [-0.2, -0.15) is 0 Å². The Morgan fingerprint density at radius 3 is 2.68 bits per heavy atom. The second-order valence-electron chi connectivity index (χ2n) is 3.73. The number of nitrogens with zero attached hydrogens (tertiary/aromatic N) is 1. The third-order valence-corrected chi connectivity index (χ3v) is 3.79. The summed E-state index contributed by atoms with van der Waals surface area (Å²) in [6.45, 7) is 0.0421. The van der Waals surface area contributed by atoms with Crippen LogP contribution in [0.25, 0.3) is 0 Å². The topological polar surface area (TPSA) is 112 Å². The number of aromatic amines is 1. The van der Waals surface area contributed by atoms with Crippen molar-refractivity contribution in [3.05, 3.63) is 48.0 Å². The van der Waals surface area contributed by atoms with Crippen LogP contribution in [0.4, 0.5) is 0 Å². The van der Waals surface area contributed by atoms with Gasteiger partial charge in [0, 0.05) is 25.1 Å². The monoisotopic (exact) mass is 281 g/mol. The first-order chi connectivity index (χ1) is 8.99. The molecule has 8 heteroatoms. The molecule has 2 rings (SSSR count). The molecule has 7 nitrogen and oxygen atoms in total. The average Bonchev–Trinajstić information content (AvgIpc) is 2.91. The van der Waals surface area contributed by atoms with Gasteiger partial charge in [-0.15, -0.1) is 0 Å². The van der Waals surface area contributed by atoms with E-state index in [1.807, 2.05) is 0 Å². The van der Waals surface area contributed by atoms with Crippen LogP contribution < -0.4 is 4.72 Å². The maximum Gasteiger partial charge on any atom is 0.354 e. The van der Waals surface area contributed by atoms with Crippen LogP contribution in [-0.4, -0.2) is 29.5 Å². The summed E-state index contributed by atoms with van der Waals surface area (Å²) < 4.78 is 26.0. The van der Waals surface area contributed by atoms with Crippen LogP contribution in [0.5, 0.6) is 0 Å². The average molecular weight is 281 g/mol. The molecule has 0 aliphatic carbocycles. The van der Waals surface area contributed by atoms with Gasteiger partial charge in [-0.25, -0.2) is 22.9 Å². The highest BCUT2D eigenvalue weighted by atomic mass is 32.2. The number of aromatic nitrogens is 2. The predicted octanol–water partition coefficient (Wildman–Crippen LogP) is 0.586. The lowest BCUT2D eigenvalue weighted by Gasteiger charge is -2.05. The molecular weight excluding hydrogens is 270 g/mol. The van der Waals surface area contributed by atoms with Crippen molar-refractivity contribution < 1.29 is 18.3 Å². The Balaban J connectivity index is 2.05. The van der Waals surface area contributed by atoms with E-state index in [1.54, 1.807) is 0 Å². The Labute approximate surface area is 109 Å². The fourth-order valence-corrected chi connectivity index (χ4v) is 2.39. The van der Waals surface area contributed by atoms with Gasteiger partial charge in [-0.1, -0.05) is 6.07 Å². The largest absolute Gasteiger partial charge is 0.477 e. The number of hydrogen-bond acceptors (Lipinski definition) is 4. The highest BCUT2D eigenvalue weighted by molar-refractivity contribution is 7.89. The van der Waals surface area contributed by atoms with Gasteiger partial charge in [0.2, 0.25) is 10.0 Å². The highest BCUT2D eigenvalue weighted by Gasteiger charge is 2.13. The highest BCUT2D eigenvalue weighted by Crippen LogP contribution is 2.07. The molecule has 0 unspecified atom stereocenters. The smallest absolute Gasteiger partial charge is 0.354 e. The van der Waals surface area contributed by atoms with E-state index < -0.39 is 16.0 Å². The Morgan fingerprint density at radius 1 is 1.37 bits per heavy atom. The fraction of sp³-hybridized carbons (Fsp3) is 0.0909. The summed E-state index contributed by atoms with van der Waals surface area (Å²) >= 11 is 0. The Kier molecular flexibility index (Phi) is 3.63. The van der Waals surface area contributed by atoms with Crippen molar-refractivity contribution in [1.82, 2.24) is 14.7 Å². The number of sulfonamides is 1. The summed E-state index contributed by atoms with van der Waals surface area (Å²) in [7, 11) is -3.57. The van der Waals surface area contributed by atoms with E-state index in [1.165, 1.54) is 36.8 Å². The zero-order valence-corrected chi connectivity index (χ0v) is 10.5. The molecule has 0 fully saturated rings. The van der Waals surface area contributed by atoms with Crippen molar-refractivity contribution in [2.45, 2.75) is 11.4 Å². The fourth-order valence-electron chi connectivity index (χ4n) is 1.39. The minimum absolute atomic E-state index is 0.0421. The van der Waals surface area contributed by atoms with Crippen LogP contribution in [0.15, 0.2) is 41.7 Å². The van der Waals surface area contributed by atoms with Crippen LogP contribution in [0.1, 0.15) is 16.1 Å². The van der Waals surface area contributed by atoms with E-state index in [4.69, 9.17) is 5.11 Å². The van der Waals surface area contributed by atoms with Gasteiger partial charge in [0.15, 0.2) is 0 Å². The lowest BCUT2D eigenvalue weighted by molar-refractivity contribution is 0.0690. The Bertz CT molecular complexity index is 662. The molecule has 100 valence electrons. The number of hydrogen-bond donors (Lipinski definition) is 3. The molecule has 2 aromatic heterocycles. The molecule has 19 heavy (non-hydrogen) atoms. The van der Waals surface area contributed by atoms with Gasteiger partial charge < -0.3 is 10.1 Å². The lowest BCUT2D eigenvalue weighted by atomic mass is 10.2. The predicted molar refractivity (Wildman–Crippen MR) is 66.0 cm³/mol. The molecule has 0 atom stereocenters. The molecule has 0 aromatic carbocycles. The van der Waals surface area contributed by atoms with E-state index >= 15 is 0 Å². The number of carboxylic acids is 1. The SMILES string of the molecule is O=C(O)c1ccc(CNS(=O)(=O)c2cc[nH]c2)cn1. The van der Waals surface area contributed by atoms with Crippen molar-refractivity contribution >= 4 is 16.0 Å². The van der Waals surface area contributed by atoms with Crippen molar-refractivity contribution in [1.29, 1.82) is 0 Å². The van der Waals surface area contributed by atoms with Gasteiger partial charge in [0.1, 0.15) is 5.69 Å². The number of carboxylic acid groups (broad SMARTS) is 1. The standard InChI is InChI=1S/C11H11N3O4S/c15-11(16)10-2-1-8(5-13-10)6-14-19(17,18)9-3-4-12-7-9/h1-5,7,12,14H,6H2,(H,15,16). The summed E-state index contributed by atoms with van der Waals surface area (Å²) in [6, 6.07) is 4.27. The summed E-state index contributed by atoms with van der Waals surface area (Å²) in [6.07, 6.45) is 4.20. The molecule has 0 radical (unpaired) electrons. The number of rotatable bonds is 5. The first kappa shape index (κ1) is 13.2. The molecule has 3 N–H and O–H groups in total. The number of carbonyl (C=O) groups is 1. The van der Waals surface area contributed by atoms with Gasteiger partial charge >= 0.3 is 5.97 Å². The third-order valence-electron chi connectivity index (χ3n) is 2.39. The molecule has 0 aliphatic heterocycles. The quantitative estimate of drug-likeness (QED) is 0.742. The van der Waals surface area contributed by atoms with Crippen molar-refractivity contribution in [3.63, 3.8) is 0 Å². The van der Waals surface area contributed by atoms with Crippen LogP contribution in [0, 0.1) is 0 Å². The van der Waals surface area contributed by atoms with E-state index in [-0.39, 0.29) is 17.1 Å². The summed E-state index contributed by atoms with van der Waals surface area (Å²) in [5.41, 5.74) is 0.487. The number of pyridine rings is 1. The molecule has 0 saturated carbocycles. The Hall–Kier alpha value is -2.19. The summed E-state index contributed by atoms with van der Waals surface area (Å²) in [5, 5.41) is 8.68. The zero-order chi connectivity index (χ0) is 13.9. The van der Waals surface area contributed by atoms with Crippen molar-refractivity contribution in [2.24, 2.45) is 0 Å². The normalized spacial score (nSPS) is 11.4. The second kappa shape index (κ2) is 5.21. The van der Waals surface area contributed by atoms with Crippen molar-refractivity contribution in [3.8, 4) is 0 Å². The van der Waals surface area contributed by atoms with E-state index in [2.05, 4.69) is 14.7 Å². The first-order valence-corrected chi connectivity index (χ1v) is 6.78. The zero-order valence-electron chi connectivity index (χ0n) is 9.70. The Morgan fingerprint density at radius 2 is 2.16 bits per heavy atom. The van der Waals surface area contributed by atoms with E-state index in [9.17, 15) is 13.2 Å². The van der Waals surface area contributed by atoms with E-state index in [0.29, 0.717) is 5.56 Å². The number of H-pyrrole nitrogens is 1. The third kappa shape index (κ3) is 3.18. The van der Waals surface area contributed by atoms with Gasteiger partial charge in [0.25, 0.3) is 0 Å².